The fourth-order valence-corrected chi connectivity index (χ4v) is 4.92. The van der Waals surface area contributed by atoms with Gasteiger partial charge < -0.3 is 24.1 Å². The first-order valence-corrected chi connectivity index (χ1v) is 14.0. The van der Waals surface area contributed by atoms with Gasteiger partial charge in [-0.2, -0.15) is 5.26 Å². The average molecular weight is 608 g/mol. The van der Waals surface area contributed by atoms with Crippen LogP contribution in [0.4, 0.5) is 10.1 Å². The normalized spacial score (nSPS) is 10.8. The Kier molecular flexibility index (Phi) is 9.46. The highest BCUT2D eigenvalue weighted by Gasteiger charge is 2.17. The number of carbonyl (C=O) groups excluding carboxylic acids is 2. The van der Waals surface area contributed by atoms with E-state index in [-0.39, 0.29) is 24.0 Å². The molecule has 11 heteroatoms. The molecule has 0 spiro atoms. The van der Waals surface area contributed by atoms with E-state index < -0.39 is 11.8 Å². The third-order valence-electron chi connectivity index (χ3n) is 7.08. The third kappa shape index (κ3) is 7.14. The summed E-state index contributed by atoms with van der Waals surface area (Å²) >= 11 is 0. The van der Waals surface area contributed by atoms with Crippen LogP contribution in [0.3, 0.4) is 0 Å². The van der Waals surface area contributed by atoms with E-state index in [1.807, 2.05) is 28.8 Å². The average Bonchev–Trinajstić information content (AvgIpc) is 3.38. The summed E-state index contributed by atoms with van der Waals surface area (Å²) in [7, 11) is 2.96. The van der Waals surface area contributed by atoms with E-state index in [0.29, 0.717) is 47.6 Å². The number of aromatic nitrogens is 3. The molecule has 0 aliphatic carbocycles. The van der Waals surface area contributed by atoms with Crippen molar-refractivity contribution in [3.05, 3.63) is 107 Å². The summed E-state index contributed by atoms with van der Waals surface area (Å²) in [6, 6.07) is 22.2. The molecule has 1 N–H and O–H groups in total. The van der Waals surface area contributed by atoms with Crippen LogP contribution in [-0.4, -0.2) is 47.2 Å². The summed E-state index contributed by atoms with van der Waals surface area (Å²) in [4.78, 5) is 33.8. The van der Waals surface area contributed by atoms with Crippen LogP contribution in [0.2, 0.25) is 0 Å². The lowest BCUT2D eigenvalue weighted by atomic mass is 10.0. The number of pyridine rings is 1. The molecule has 0 atom stereocenters. The predicted molar refractivity (Wildman–Crippen MR) is 165 cm³/mol. The molecular weight excluding hydrogens is 577 g/mol. The Labute approximate surface area is 259 Å². The van der Waals surface area contributed by atoms with Gasteiger partial charge in [-0.15, -0.1) is 0 Å². The van der Waals surface area contributed by atoms with Crippen LogP contribution >= 0.6 is 0 Å². The van der Waals surface area contributed by atoms with Gasteiger partial charge in [-0.05, 0) is 48.0 Å². The summed E-state index contributed by atoms with van der Waals surface area (Å²) in [5.74, 6) is -0.187. The second-order valence-electron chi connectivity index (χ2n) is 10.2. The molecule has 1 amide bonds. The second-order valence-corrected chi connectivity index (χ2v) is 10.2. The fourth-order valence-electron chi connectivity index (χ4n) is 4.92. The van der Waals surface area contributed by atoms with Crippen LogP contribution in [0.25, 0.3) is 22.3 Å². The number of carbonyl (C=O) groups is 2. The quantitative estimate of drug-likeness (QED) is 0.190. The van der Waals surface area contributed by atoms with Gasteiger partial charge in [0.1, 0.15) is 18.2 Å². The smallest absolute Gasteiger partial charge is 0.337 e. The number of nitrogens with zero attached hydrogens (tertiary/aromatic N) is 4. The molecule has 0 aliphatic rings. The minimum atomic E-state index is -0.534. The first kappa shape index (κ1) is 30.8. The van der Waals surface area contributed by atoms with Crippen molar-refractivity contribution in [3.63, 3.8) is 0 Å². The molecule has 5 aromatic rings. The van der Waals surface area contributed by atoms with Crippen LogP contribution in [-0.2, 0) is 33.8 Å². The van der Waals surface area contributed by atoms with Crippen molar-refractivity contribution < 1.29 is 28.2 Å². The maximum absolute atomic E-state index is 14.3. The van der Waals surface area contributed by atoms with Crippen LogP contribution in [0, 0.1) is 17.1 Å². The number of hydrogen-bond acceptors (Lipinski definition) is 8. The molecule has 0 aliphatic heterocycles. The van der Waals surface area contributed by atoms with E-state index in [1.54, 1.807) is 43.5 Å². The summed E-state index contributed by atoms with van der Waals surface area (Å²) in [5.41, 5.74) is 5.11. The number of nitrogens with one attached hydrogen (secondary N) is 1. The van der Waals surface area contributed by atoms with E-state index in [0.717, 1.165) is 28.5 Å². The van der Waals surface area contributed by atoms with E-state index >= 15 is 0 Å². The SMILES string of the molecule is COCCn1c(Cc2ccc(-c3cccc(OCc4ccc(C#N)cc4F)n3)c(NC(C)=O)c2)nc2ccc(C(=O)OC)cc21. The monoisotopic (exact) mass is 607 g/mol. The Bertz CT molecular complexity index is 1930. The van der Waals surface area contributed by atoms with Crippen molar-refractivity contribution >= 4 is 28.6 Å². The zero-order valence-electron chi connectivity index (χ0n) is 25.0. The molecule has 0 saturated carbocycles. The molecule has 2 heterocycles. The molecule has 0 saturated heterocycles. The molecule has 3 aromatic carbocycles. The molecule has 0 unspecified atom stereocenters. The van der Waals surface area contributed by atoms with Gasteiger partial charge in [0.2, 0.25) is 11.8 Å². The van der Waals surface area contributed by atoms with E-state index in [1.165, 1.54) is 26.2 Å². The third-order valence-corrected chi connectivity index (χ3v) is 7.08. The number of benzene rings is 3. The van der Waals surface area contributed by atoms with E-state index in [2.05, 4.69) is 10.3 Å². The molecule has 5 rings (SSSR count). The number of anilines is 1. The number of halogens is 1. The number of ether oxygens (including phenoxy) is 3. The fraction of sp³-hybridized carbons (Fsp3) is 0.206. The number of fused-ring (bicyclic) bond motifs is 1. The lowest BCUT2D eigenvalue weighted by Crippen LogP contribution is -2.10. The van der Waals surface area contributed by atoms with Gasteiger partial charge in [-0.1, -0.05) is 24.3 Å². The Morgan fingerprint density at radius 3 is 2.60 bits per heavy atom. The van der Waals surface area contributed by atoms with Crippen LogP contribution in [0.1, 0.15) is 39.8 Å². The number of imidazole rings is 1. The maximum atomic E-state index is 14.3. The first-order chi connectivity index (χ1) is 21.8. The number of methoxy groups -OCH3 is 2. The molecular formula is C34H30FN5O5. The Hall–Kier alpha value is -5.60. The van der Waals surface area contributed by atoms with Gasteiger partial charge >= 0.3 is 5.97 Å². The maximum Gasteiger partial charge on any atom is 0.337 e. The summed E-state index contributed by atoms with van der Waals surface area (Å²) < 4.78 is 32.3. The Morgan fingerprint density at radius 1 is 1.02 bits per heavy atom. The Balaban J connectivity index is 1.44. The number of amides is 1. The Morgan fingerprint density at radius 2 is 1.87 bits per heavy atom. The van der Waals surface area contributed by atoms with E-state index in [4.69, 9.17) is 24.5 Å². The van der Waals surface area contributed by atoms with Gasteiger partial charge in [0, 0.05) is 44.2 Å². The summed E-state index contributed by atoms with van der Waals surface area (Å²) in [6.07, 6.45) is 0.436. The van der Waals surface area contributed by atoms with Crippen molar-refractivity contribution in [2.75, 3.05) is 26.1 Å². The predicted octanol–water partition coefficient (Wildman–Crippen LogP) is 5.67. The topological polar surface area (TPSA) is 128 Å². The van der Waals surface area contributed by atoms with Crippen molar-refractivity contribution in [2.45, 2.75) is 26.5 Å². The molecule has 228 valence electrons. The largest absolute Gasteiger partial charge is 0.473 e. The number of nitriles is 1. The van der Waals surface area contributed by atoms with Crippen molar-refractivity contribution in [1.82, 2.24) is 14.5 Å². The first-order valence-electron chi connectivity index (χ1n) is 14.0. The molecule has 2 aromatic heterocycles. The summed E-state index contributed by atoms with van der Waals surface area (Å²) in [6.45, 7) is 2.32. The second kappa shape index (κ2) is 13.8. The van der Waals surface area contributed by atoms with Crippen LogP contribution in [0.5, 0.6) is 5.88 Å². The van der Waals surface area contributed by atoms with Gasteiger partial charge in [-0.25, -0.2) is 19.2 Å². The lowest BCUT2D eigenvalue weighted by Gasteiger charge is -2.14. The standard InChI is InChI=1S/C34H30FN5O5/c1-21(41)37-30-16-22(17-32-38-29-12-10-24(34(42)44-3)18-31(29)40(32)13-14-43-2)8-11-26(30)28-5-4-6-33(39-28)45-20-25-9-7-23(19-36)15-27(25)35/h4-12,15-16,18H,13-14,17,20H2,1-3H3,(H,37,41). The van der Waals surface area contributed by atoms with Crippen molar-refractivity contribution in [3.8, 4) is 23.2 Å². The van der Waals surface area contributed by atoms with Crippen LogP contribution < -0.4 is 10.1 Å². The summed E-state index contributed by atoms with van der Waals surface area (Å²) in [5, 5.41) is 11.9. The minimum absolute atomic E-state index is 0.0727. The molecule has 0 radical (unpaired) electrons. The number of hydrogen-bond donors (Lipinski definition) is 1. The zero-order valence-corrected chi connectivity index (χ0v) is 25.0. The number of rotatable bonds is 11. The highest BCUT2D eigenvalue weighted by Crippen LogP contribution is 2.31. The molecule has 10 nitrogen and oxygen atoms in total. The molecule has 45 heavy (non-hydrogen) atoms. The van der Waals surface area contributed by atoms with Gasteiger partial charge in [0.15, 0.2) is 0 Å². The van der Waals surface area contributed by atoms with Gasteiger partial charge in [-0.3, -0.25) is 4.79 Å². The van der Waals surface area contributed by atoms with Crippen molar-refractivity contribution in [2.24, 2.45) is 0 Å². The van der Waals surface area contributed by atoms with Gasteiger partial charge in [0.25, 0.3) is 0 Å². The number of esters is 1. The zero-order chi connectivity index (χ0) is 31.9. The van der Waals surface area contributed by atoms with Crippen LogP contribution in [0.15, 0.2) is 72.8 Å². The molecule has 0 fully saturated rings. The molecule has 0 bridgehead atoms. The highest BCUT2D eigenvalue weighted by atomic mass is 19.1. The minimum Gasteiger partial charge on any atom is -0.473 e. The lowest BCUT2D eigenvalue weighted by molar-refractivity contribution is -0.114. The van der Waals surface area contributed by atoms with Crippen molar-refractivity contribution in [1.29, 1.82) is 5.26 Å². The van der Waals surface area contributed by atoms with Gasteiger partial charge in [0.05, 0.1) is 53.3 Å². The van der Waals surface area contributed by atoms with E-state index in [9.17, 15) is 14.0 Å². The highest BCUT2D eigenvalue weighted by molar-refractivity contribution is 5.94.